The summed E-state index contributed by atoms with van der Waals surface area (Å²) in [6.07, 6.45) is 1.75. The molecule has 1 aromatic carbocycles. The number of nitrogens with zero attached hydrogens (tertiary/aromatic N) is 1. The first-order valence-corrected chi connectivity index (χ1v) is 6.12. The van der Waals surface area contributed by atoms with Gasteiger partial charge in [0.15, 0.2) is 0 Å². The third-order valence-electron chi connectivity index (χ3n) is 2.31. The van der Waals surface area contributed by atoms with Crippen molar-refractivity contribution in [2.75, 3.05) is 6.61 Å². The lowest BCUT2D eigenvalue weighted by molar-refractivity contribution is 0.284. The van der Waals surface area contributed by atoms with Crippen LogP contribution in [0.5, 0.6) is 5.75 Å². The molecule has 0 saturated carbocycles. The lowest BCUT2D eigenvalue weighted by atomic mass is 9.90. The Morgan fingerprint density at radius 1 is 1.44 bits per heavy atom. The van der Waals surface area contributed by atoms with E-state index in [0.717, 1.165) is 23.1 Å². The number of hydrogen-bond acceptors (Lipinski definition) is 2. The molecule has 16 heavy (non-hydrogen) atoms. The molecule has 0 aliphatic carbocycles. The first kappa shape index (κ1) is 13.1. The zero-order valence-electron chi connectivity index (χ0n) is 9.66. The van der Waals surface area contributed by atoms with Gasteiger partial charge < -0.3 is 4.74 Å². The maximum Gasteiger partial charge on any atom is 0.120 e. The van der Waals surface area contributed by atoms with Crippen LogP contribution in [0.2, 0.25) is 0 Å². The molecule has 0 heterocycles. The smallest absolute Gasteiger partial charge is 0.120 e. The molecule has 0 aliphatic heterocycles. The van der Waals surface area contributed by atoms with Crippen LogP contribution in [0.1, 0.15) is 26.7 Å². The molecule has 0 N–H and O–H groups in total. The van der Waals surface area contributed by atoms with Crippen LogP contribution in [-0.4, -0.2) is 6.61 Å². The van der Waals surface area contributed by atoms with Crippen LogP contribution in [0.25, 0.3) is 0 Å². The Hall–Kier alpha value is -1.01. The molecule has 3 heteroatoms. The Morgan fingerprint density at radius 3 is 2.81 bits per heavy atom. The van der Waals surface area contributed by atoms with Crippen molar-refractivity contribution in [2.45, 2.75) is 26.7 Å². The standard InChI is InChI=1S/C13H16BrNO/c1-13(2,10-15)7-4-8-16-12-6-3-5-11(14)9-12/h3,5-6,9H,4,7-8H2,1-2H3. The second kappa shape index (κ2) is 5.91. The average molecular weight is 282 g/mol. The van der Waals surface area contributed by atoms with E-state index in [-0.39, 0.29) is 5.41 Å². The van der Waals surface area contributed by atoms with Crippen molar-refractivity contribution in [1.82, 2.24) is 0 Å². The van der Waals surface area contributed by atoms with E-state index in [0.29, 0.717) is 6.61 Å². The Bertz CT molecular complexity index is 382. The largest absolute Gasteiger partial charge is 0.494 e. The molecule has 0 aliphatic rings. The van der Waals surface area contributed by atoms with Gasteiger partial charge in [0.2, 0.25) is 0 Å². The van der Waals surface area contributed by atoms with E-state index in [2.05, 4.69) is 22.0 Å². The maximum atomic E-state index is 8.85. The summed E-state index contributed by atoms with van der Waals surface area (Å²) in [5.41, 5.74) is -0.249. The van der Waals surface area contributed by atoms with Gasteiger partial charge in [0.05, 0.1) is 18.1 Å². The van der Waals surface area contributed by atoms with E-state index >= 15 is 0 Å². The van der Waals surface area contributed by atoms with Crippen molar-refractivity contribution in [3.8, 4) is 11.8 Å². The highest BCUT2D eigenvalue weighted by molar-refractivity contribution is 9.10. The lowest BCUT2D eigenvalue weighted by Gasteiger charge is -2.14. The minimum absolute atomic E-state index is 0.249. The molecular formula is C13H16BrNO. The molecule has 86 valence electrons. The van der Waals surface area contributed by atoms with Crippen molar-refractivity contribution < 1.29 is 4.74 Å². The van der Waals surface area contributed by atoms with Gasteiger partial charge in [0.25, 0.3) is 0 Å². The molecule has 0 unspecified atom stereocenters. The molecule has 0 radical (unpaired) electrons. The van der Waals surface area contributed by atoms with E-state index in [1.54, 1.807) is 0 Å². The van der Waals surface area contributed by atoms with E-state index in [1.165, 1.54) is 0 Å². The zero-order chi connectivity index (χ0) is 12.0. The van der Waals surface area contributed by atoms with Crippen molar-refractivity contribution in [2.24, 2.45) is 5.41 Å². The van der Waals surface area contributed by atoms with Gasteiger partial charge in [-0.15, -0.1) is 0 Å². The summed E-state index contributed by atoms with van der Waals surface area (Å²) >= 11 is 3.39. The molecule has 0 bridgehead atoms. The summed E-state index contributed by atoms with van der Waals surface area (Å²) in [7, 11) is 0. The number of benzene rings is 1. The van der Waals surface area contributed by atoms with Crippen LogP contribution in [-0.2, 0) is 0 Å². The summed E-state index contributed by atoms with van der Waals surface area (Å²) in [6.45, 7) is 4.56. The zero-order valence-corrected chi connectivity index (χ0v) is 11.3. The fourth-order valence-electron chi connectivity index (χ4n) is 1.32. The third-order valence-corrected chi connectivity index (χ3v) is 2.81. The van der Waals surface area contributed by atoms with Crippen LogP contribution in [0.4, 0.5) is 0 Å². The Labute approximate surface area is 105 Å². The lowest BCUT2D eigenvalue weighted by Crippen LogP contribution is -2.10. The van der Waals surface area contributed by atoms with Crippen molar-refractivity contribution in [3.05, 3.63) is 28.7 Å². The highest BCUT2D eigenvalue weighted by Gasteiger charge is 2.15. The molecule has 0 atom stereocenters. The minimum Gasteiger partial charge on any atom is -0.494 e. The normalized spacial score (nSPS) is 10.9. The summed E-state index contributed by atoms with van der Waals surface area (Å²) in [4.78, 5) is 0. The molecule has 2 nitrogen and oxygen atoms in total. The summed E-state index contributed by atoms with van der Waals surface area (Å²) < 4.78 is 6.60. The van der Waals surface area contributed by atoms with Crippen LogP contribution in [0.3, 0.4) is 0 Å². The van der Waals surface area contributed by atoms with Crippen LogP contribution < -0.4 is 4.74 Å². The van der Waals surface area contributed by atoms with Crippen LogP contribution in [0, 0.1) is 16.7 Å². The SMILES string of the molecule is CC(C)(C#N)CCCOc1cccc(Br)c1. The van der Waals surface area contributed by atoms with E-state index in [4.69, 9.17) is 10.00 Å². The predicted octanol–water partition coefficient (Wildman–Crippen LogP) is 4.16. The van der Waals surface area contributed by atoms with Gasteiger partial charge in [-0.05, 0) is 44.9 Å². The predicted molar refractivity (Wildman–Crippen MR) is 68.3 cm³/mol. The molecule has 0 spiro atoms. The number of nitriles is 1. The Kier molecular flexibility index (Phi) is 4.82. The summed E-state index contributed by atoms with van der Waals surface area (Å²) in [5.74, 6) is 0.865. The third kappa shape index (κ3) is 4.67. The van der Waals surface area contributed by atoms with Gasteiger partial charge in [-0.1, -0.05) is 22.0 Å². The van der Waals surface area contributed by atoms with Gasteiger partial charge in [-0.25, -0.2) is 0 Å². The van der Waals surface area contributed by atoms with Gasteiger partial charge in [0, 0.05) is 4.47 Å². The maximum absolute atomic E-state index is 8.85. The number of ether oxygens (including phenoxy) is 1. The van der Waals surface area contributed by atoms with Gasteiger partial charge >= 0.3 is 0 Å². The molecule has 0 amide bonds. The second-order valence-corrected chi connectivity index (χ2v) is 5.32. The minimum atomic E-state index is -0.249. The fraction of sp³-hybridized carbons (Fsp3) is 0.462. The van der Waals surface area contributed by atoms with E-state index in [9.17, 15) is 0 Å². The highest BCUT2D eigenvalue weighted by atomic mass is 79.9. The van der Waals surface area contributed by atoms with Gasteiger partial charge in [0.1, 0.15) is 5.75 Å². The highest BCUT2D eigenvalue weighted by Crippen LogP contribution is 2.22. The molecule has 0 aromatic heterocycles. The fourth-order valence-corrected chi connectivity index (χ4v) is 1.70. The number of rotatable bonds is 5. The van der Waals surface area contributed by atoms with Crippen molar-refractivity contribution in [1.29, 1.82) is 5.26 Å². The van der Waals surface area contributed by atoms with Crippen LogP contribution >= 0.6 is 15.9 Å². The number of hydrogen-bond donors (Lipinski definition) is 0. The van der Waals surface area contributed by atoms with Crippen molar-refractivity contribution >= 4 is 15.9 Å². The topological polar surface area (TPSA) is 33.0 Å². The van der Waals surface area contributed by atoms with Crippen molar-refractivity contribution in [3.63, 3.8) is 0 Å². The monoisotopic (exact) mass is 281 g/mol. The molecular weight excluding hydrogens is 266 g/mol. The van der Waals surface area contributed by atoms with Gasteiger partial charge in [-0.2, -0.15) is 5.26 Å². The number of halogens is 1. The molecule has 0 fully saturated rings. The first-order valence-electron chi connectivity index (χ1n) is 5.33. The molecule has 1 aromatic rings. The quantitative estimate of drug-likeness (QED) is 0.760. The summed E-state index contributed by atoms with van der Waals surface area (Å²) in [6, 6.07) is 10.1. The van der Waals surface area contributed by atoms with Gasteiger partial charge in [-0.3, -0.25) is 0 Å². The average Bonchev–Trinajstić information content (AvgIpc) is 2.25. The Morgan fingerprint density at radius 2 is 2.19 bits per heavy atom. The van der Waals surface area contributed by atoms with E-state index < -0.39 is 0 Å². The Balaban J connectivity index is 2.29. The van der Waals surface area contributed by atoms with E-state index in [1.807, 2.05) is 38.1 Å². The van der Waals surface area contributed by atoms with Crippen LogP contribution in [0.15, 0.2) is 28.7 Å². The molecule has 0 saturated heterocycles. The molecule has 1 rings (SSSR count). The first-order chi connectivity index (χ1) is 7.53. The second-order valence-electron chi connectivity index (χ2n) is 4.41. The summed E-state index contributed by atoms with van der Waals surface area (Å²) in [5, 5.41) is 8.85.